The van der Waals surface area contributed by atoms with Gasteiger partial charge in [0.15, 0.2) is 5.84 Å². The second-order valence-corrected chi connectivity index (χ2v) is 3.63. The zero-order valence-electron chi connectivity index (χ0n) is 9.08. The third-order valence-corrected chi connectivity index (χ3v) is 2.37. The lowest BCUT2D eigenvalue weighted by Crippen LogP contribution is -2.43. The summed E-state index contributed by atoms with van der Waals surface area (Å²) >= 11 is 0. The highest BCUT2D eigenvalue weighted by Gasteiger charge is 2.18. The van der Waals surface area contributed by atoms with Crippen LogP contribution in [0.2, 0.25) is 0 Å². The molecule has 1 aromatic rings. The lowest BCUT2D eigenvalue weighted by Gasteiger charge is -2.24. The van der Waals surface area contributed by atoms with Gasteiger partial charge in [-0.3, -0.25) is 14.9 Å². The quantitative estimate of drug-likeness (QED) is 0.589. The first-order chi connectivity index (χ1) is 8.08. The topological polar surface area (TPSA) is 87.8 Å². The molecule has 0 radical (unpaired) electrons. The summed E-state index contributed by atoms with van der Waals surface area (Å²) in [7, 11) is 1.74. The lowest BCUT2D eigenvalue weighted by atomic mass is 10.1. The van der Waals surface area contributed by atoms with E-state index in [0.29, 0.717) is 5.84 Å². The van der Waals surface area contributed by atoms with Crippen LogP contribution in [0.1, 0.15) is 5.56 Å². The van der Waals surface area contributed by atoms with Gasteiger partial charge in [0.1, 0.15) is 0 Å². The molecule has 0 bridgehead atoms. The minimum absolute atomic E-state index is 0.0249. The Morgan fingerprint density at radius 2 is 2.06 bits per heavy atom. The van der Waals surface area contributed by atoms with E-state index in [4.69, 9.17) is 0 Å². The van der Waals surface area contributed by atoms with Crippen molar-refractivity contribution in [1.82, 2.24) is 10.3 Å². The number of amidine groups is 1. The minimum Gasteiger partial charge on any atom is -0.348 e. The Hall–Kier alpha value is -2.44. The fourth-order valence-corrected chi connectivity index (χ4v) is 1.54. The second kappa shape index (κ2) is 4.20. The predicted molar refractivity (Wildman–Crippen MR) is 60.4 cm³/mol. The van der Waals surface area contributed by atoms with Gasteiger partial charge in [-0.1, -0.05) is 0 Å². The lowest BCUT2D eigenvalue weighted by molar-refractivity contribution is -0.384. The Balaban J connectivity index is 2.28. The van der Waals surface area contributed by atoms with E-state index in [2.05, 4.69) is 10.5 Å². The van der Waals surface area contributed by atoms with Gasteiger partial charge in [-0.25, -0.2) is 5.43 Å². The first kappa shape index (κ1) is 11.1. The van der Waals surface area contributed by atoms with Crippen LogP contribution in [0.15, 0.2) is 29.4 Å². The molecular weight excluding hydrogens is 224 g/mol. The maximum Gasteiger partial charge on any atom is 0.269 e. The maximum absolute atomic E-state index is 11.0. The maximum atomic E-state index is 11.0. The Labute approximate surface area is 96.9 Å². The van der Waals surface area contributed by atoms with Crippen LogP contribution >= 0.6 is 0 Å². The Bertz CT molecular complexity index is 495. The van der Waals surface area contributed by atoms with Crippen molar-refractivity contribution in [3.8, 4) is 0 Å². The van der Waals surface area contributed by atoms with Gasteiger partial charge in [-0.15, -0.1) is 0 Å². The number of benzene rings is 1. The van der Waals surface area contributed by atoms with Crippen molar-refractivity contribution in [1.29, 1.82) is 0 Å². The van der Waals surface area contributed by atoms with E-state index in [1.54, 1.807) is 24.1 Å². The molecule has 17 heavy (non-hydrogen) atoms. The molecule has 0 saturated carbocycles. The van der Waals surface area contributed by atoms with Crippen LogP contribution in [-0.2, 0) is 4.79 Å². The van der Waals surface area contributed by atoms with Crippen molar-refractivity contribution in [2.24, 2.45) is 5.10 Å². The average molecular weight is 234 g/mol. The average Bonchev–Trinajstić information content (AvgIpc) is 2.29. The normalized spacial score (nSPS) is 15.2. The third kappa shape index (κ3) is 2.22. The smallest absolute Gasteiger partial charge is 0.269 e. The fourth-order valence-electron chi connectivity index (χ4n) is 1.54. The van der Waals surface area contributed by atoms with Crippen molar-refractivity contribution in [2.45, 2.75) is 0 Å². The summed E-state index contributed by atoms with van der Waals surface area (Å²) in [6.07, 6.45) is 0. The molecule has 88 valence electrons. The number of likely N-dealkylation sites (N-methyl/N-ethyl adjacent to an activating group) is 1. The van der Waals surface area contributed by atoms with Gasteiger partial charge in [0.2, 0.25) is 0 Å². The molecule has 0 aromatic heterocycles. The van der Waals surface area contributed by atoms with Gasteiger partial charge in [0.25, 0.3) is 11.6 Å². The Kier molecular flexibility index (Phi) is 2.73. The summed E-state index contributed by atoms with van der Waals surface area (Å²) < 4.78 is 0. The van der Waals surface area contributed by atoms with E-state index < -0.39 is 4.92 Å². The molecule has 0 aliphatic carbocycles. The number of amides is 1. The summed E-state index contributed by atoms with van der Waals surface area (Å²) in [5.41, 5.74) is 3.12. The van der Waals surface area contributed by atoms with Crippen molar-refractivity contribution in [3.05, 3.63) is 39.9 Å². The number of non-ortho nitro benzene ring substituents is 1. The van der Waals surface area contributed by atoms with Crippen LogP contribution in [0.25, 0.3) is 0 Å². The van der Waals surface area contributed by atoms with Crippen molar-refractivity contribution in [3.63, 3.8) is 0 Å². The highest BCUT2D eigenvalue weighted by atomic mass is 16.6. The number of hydrazone groups is 1. The molecule has 1 heterocycles. The van der Waals surface area contributed by atoms with Gasteiger partial charge < -0.3 is 4.90 Å². The molecule has 2 rings (SSSR count). The zero-order valence-corrected chi connectivity index (χ0v) is 9.08. The van der Waals surface area contributed by atoms with Crippen LogP contribution in [0, 0.1) is 10.1 Å². The molecule has 0 atom stereocenters. The molecule has 0 spiro atoms. The Morgan fingerprint density at radius 1 is 1.41 bits per heavy atom. The molecule has 0 fully saturated rings. The predicted octanol–water partition coefficient (Wildman–Crippen LogP) is 0.318. The number of rotatable bonds is 2. The van der Waals surface area contributed by atoms with Crippen molar-refractivity contribution in [2.75, 3.05) is 13.6 Å². The molecule has 1 aromatic carbocycles. The summed E-state index contributed by atoms with van der Waals surface area (Å²) in [4.78, 5) is 22.8. The second-order valence-electron chi connectivity index (χ2n) is 3.63. The monoisotopic (exact) mass is 234 g/mol. The summed E-state index contributed by atoms with van der Waals surface area (Å²) in [6, 6.07) is 6.01. The number of carbonyl (C=O) groups excluding carboxylic acids is 1. The molecule has 0 saturated heterocycles. The van der Waals surface area contributed by atoms with E-state index in [1.807, 2.05) is 0 Å². The number of nitro benzene ring substituents is 1. The third-order valence-electron chi connectivity index (χ3n) is 2.37. The van der Waals surface area contributed by atoms with Crippen LogP contribution < -0.4 is 5.43 Å². The molecule has 7 heteroatoms. The van der Waals surface area contributed by atoms with Gasteiger partial charge in [-0.2, -0.15) is 5.10 Å². The van der Waals surface area contributed by atoms with Crippen LogP contribution in [0.5, 0.6) is 0 Å². The highest BCUT2D eigenvalue weighted by molar-refractivity contribution is 6.02. The molecule has 1 N–H and O–H groups in total. The van der Waals surface area contributed by atoms with Crippen LogP contribution in [0.4, 0.5) is 5.69 Å². The molecule has 7 nitrogen and oxygen atoms in total. The molecule has 1 aliphatic rings. The highest BCUT2D eigenvalue weighted by Crippen LogP contribution is 2.14. The van der Waals surface area contributed by atoms with E-state index in [0.717, 1.165) is 5.56 Å². The fraction of sp³-hybridized carbons (Fsp3) is 0.200. The number of carbonyl (C=O) groups is 1. The number of hydrogen-bond donors (Lipinski definition) is 1. The van der Waals surface area contributed by atoms with E-state index in [1.165, 1.54) is 12.1 Å². The van der Waals surface area contributed by atoms with Crippen molar-refractivity contribution >= 4 is 17.4 Å². The van der Waals surface area contributed by atoms with E-state index in [9.17, 15) is 14.9 Å². The molecular formula is C10H10N4O3. The van der Waals surface area contributed by atoms with Crippen LogP contribution in [-0.4, -0.2) is 35.2 Å². The zero-order chi connectivity index (χ0) is 12.4. The number of nitrogens with zero attached hydrogens (tertiary/aromatic N) is 3. The first-order valence-corrected chi connectivity index (χ1v) is 4.90. The minimum atomic E-state index is -0.460. The number of nitro groups is 1. The number of nitrogens with one attached hydrogen (secondary N) is 1. The Morgan fingerprint density at radius 3 is 2.59 bits per heavy atom. The van der Waals surface area contributed by atoms with Gasteiger partial charge in [0, 0.05) is 24.7 Å². The molecule has 1 amide bonds. The standard InChI is InChI=1S/C10H10N4O3/c1-13-6-9(15)11-12-10(13)7-2-4-8(5-3-7)14(16)17/h2-5H,6H2,1H3,(H,11,15). The first-order valence-electron chi connectivity index (χ1n) is 4.90. The van der Waals surface area contributed by atoms with Crippen LogP contribution in [0.3, 0.4) is 0 Å². The summed E-state index contributed by atoms with van der Waals surface area (Å²) in [5.74, 6) is 0.401. The molecule has 0 unspecified atom stereocenters. The van der Waals surface area contributed by atoms with Crippen molar-refractivity contribution < 1.29 is 9.72 Å². The van der Waals surface area contributed by atoms with E-state index >= 15 is 0 Å². The summed E-state index contributed by atoms with van der Waals surface area (Å²) in [5, 5.41) is 14.4. The molecule has 1 aliphatic heterocycles. The largest absolute Gasteiger partial charge is 0.348 e. The van der Waals surface area contributed by atoms with E-state index in [-0.39, 0.29) is 18.1 Å². The summed E-state index contributed by atoms with van der Waals surface area (Å²) in [6.45, 7) is 0.218. The SMILES string of the molecule is CN1CC(=O)NN=C1c1ccc([N+](=O)[O-])cc1. The van der Waals surface area contributed by atoms with Gasteiger partial charge in [-0.05, 0) is 12.1 Å². The number of hydrogen-bond acceptors (Lipinski definition) is 5. The van der Waals surface area contributed by atoms with Gasteiger partial charge >= 0.3 is 0 Å². The van der Waals surface area contributed by atoms with Gasteiger partial charge in [0.05, 0.1) is 11.5 Å².